The Hall–Kier alpha value is -2.67. The van der Waals surface area contributed by atoms with E-state index in [1.807, 2.05) is 60.7 Å². The molecular weight excluding hydrogens is 346 g/mol. The third kappa shape index (κ3) is 4.11. The summed E-state index contributed by atoms with van der Waals surface area (Å²) in [5.41, 5.74) is 2.06. The van der Waals surface area contributed by atoms with Crippen LogP contribution in [0.5, 0.6) is 0 Å². The molecule has 0 radical (unpaired) electrons. The molecule has 1 aliphatic carbocycles. The van der Waals surface area contributed by atoms with Crippen molar-refractivity contribution in [2.24, 2.45) is 0 Å². The number of amides is 1. The zero-order chi connectivity index (χ0) is 17.8. The molecule has 0 saturated heterocycles. The second kappa shape index (κ2) is 7.70. The maximum Gasteiger partial charge on any atom is 0.238 e. The number of hydrogen-bond donors (Lipinski definition) is 1. The number of rotatable bonds is 7. The topological polar surface area (TPSA) is 72.7 Å². The smallest absolute Gasteiger partial charge is 0.238 e. The van der Waals surface area contributed by atoms with Crippen LogP contribution in [0.15, 0.2) is 65.8 Å². The number of nitrogens with zero attached hydrogens (tertiary/aromatic N) is 4. The molecule has 0 spiro atoms. The predicted octanol–water partition coefficient (Wildman–Crippen LogP) is 2.83. The van der Waals surface area contributed by atoms with E-state index in [-0.39, 0.29) is 11.2 Å². The van der Waals surface area contributed by atoms with Crippen molar-refractivity contribution in [2.45, 2.75) is 35.8 Å². The number of benzene rings is 2. The first kappa shape index (κ1) is 16.8. The highest BCUT2D eigenvalue weighted by Gasteiger charge is 2.30. The Morgan fingerprint density at radius 1 is 1.12 bits per heavy atom. The number of carbonyl (C=O) groups is 1. The molecule has 1 atom stereocenters. The molecule has 1 saturated carbocycles. The van der Waals surface area contributed by atoms with E-state index < -0.39 is 0 Å². The largest absolute Gasteiger partial charge is 0.352 e. The molecule has 1 aliphatic rings. The Labute approximate surface area is 156 Å². The average Bonchev–Trinajstić information content (AvgIpc) is 3.39. The first-order chi connectivity index (χ1) is 12.8. The van der Waals surface area contributed by atoms with Crippen LogP contribution < -0.4 is 5.32 Å². The summed E-state index contributed by atoms with van der Waals surface area (Å²) in [4.78, 5) is 12.8. The molecule has 4 rings (SSSR count). The lowest BCUT2D eigenvalue weighted by Crippen LogP contribution is -2.30. The standard InChI is InChI=1S/C19H19N5OS/c25-18(20-16-11-12-16)17(15-9-5-2-6-10-15)26-19-21-22-23-24(19)13-14-7-3-1-4-8-14/h1-10,16-17H,11-13H2,(H,20,25). The number of nitrogens with one attached hydrogen (secondary N) is 1. The summed E-state index contributed by atoms with van der Waals surface area (Å²) in [5, 5.41) is 15.4. The summed E-state index contributed by atoms with van der Waals surface area (Å²) in [6.45, 7) is 0.571. The highest BCUT2D eigenvalue weighted by Crippen LogP contribution is 2.35. The van der Waals surface area contributed by atoms with Crippen LogP contribution in [0.4, 0.5) is 0 Å². The van der Waals surface area contributed by atoms with Gasteiger partial charge < -0.3 is 5.32 Å². The van der Waals surface area contributed by atoms with Gasteiger partial charge in [-0.2, -0.15) is 0 Å². The third-order valence-corrected chi connectivity index (χ3v) is 5.39. The summed E-state index contributed by atoms with van der Waals surface area (Å²) in [7, 11) is 0. The second-order valence-electron chi connectivity index (χ2n) is 6.30. The summed E-state index contributed by atoms with van der Waals surface area (Å²) in [5.74, 6) is 0.0120. The normalized spacial score (nSPS) is 14.8. The Morgan fingerprint density at radius 3 is 2.50 bits per heavy atom. The summed E-state index contributed by atoms with van der Waals surface area (Å²) in [6, 6.07) is 20.1. The summed E-state index contributed by atoms with van der Waals surface area (Å²) >= 11 is 1.39. The van der Waals surface area contributed by atoms with Crippen LogP contribution in [0.1, 0.15) is 29.2 Å². The Balaban J connectivity index is 1.56. The Morgan fingerprint density at radius 2 is 1.81 bits per heavy atom. The molecule has 1 N–H and O–H groups in total. The fourth-order valence-electron chi connectivity index (χ4n) is 2.65. The predicted molar refractivity (Wildman–Crippen MR) is 99.6 cm³/mol. The van der Waals surface area contributed by atoms with Gasteiger partial charge in [-0.25, -0.2) is 4.68 Å². The molecule has 1 unspecified atom stereocenters. The molecule has 1 fully saturated rings. The molecule has 3 aromatic rings. The van der Waals surface area contributed by atoms with Gasteiger partial charge in [-0.15, -0.1) is 5.10 Å². The minimum absolute atomic E-state index is 0.0120. The van der Waals surface area contributed by atoms with Crippen LogP contribution in [-0.4, -0.2) is 32.2 Å². The monoisotopic (exact) mass is 365 g/mol. The van der Waals surface area contributed by atoms with Crippen LogP contribution in [0.2, 0.25) is 0 Å². The SMILES string of the molecule is O=C(NC1CC1)C(Sc1nnnn1Cc1ccccc1)c1ccccc1. The highest BCUT2D eigenvalue weighted by atomic mass is 32.2. The van der Waals surface area contributed by atoms with E-state index in [1.165, 1.54) is 11.8 Å². The molecule has 1 heterocycles. The van der Waals surface area contributed by atoms with E-state index in [0.29, 0.717) is 17.7 Å². The van der Waals surface area contributed by atoms with Gasteiger partial charge in [0.1, 0.15) is 5.25 Å². The number of aromatic nitrogens is 4. The second-order valence-corrected chi connectivity index (χ2v) is 7.37. The van der Waals surface area contributed by atoms with Crippen molar-refractivity contribution in [3.8, 4) is 0 Å². The molecule has 1 aromatic heterocycles. The van der Waals surface area contributed by atoms with Crippen molar-refractivity contribution in [1.29, 1.82) is 0 Å². The molecule has 0 aliphatic heterocycles. The van der Waals surface area contributed by atoms with Crippen LogP contribution in [-0.2, 0) is 11.3 Å². The first-order valence-electron chi connectivity index (χ1n) is 8.61. The van der Waals surface area contributed by atoms with Gasteiger partial charge in [0.05, 0.1) is 6.54 Å². The zero-order valence-electron chi connectivity index (χ0n) is 14.2. The van der Waals surface area contributed by atoms with Crippen molar-refractivity contribution in [1.82, 2.24) is 25.5 Å². The van der Waals surface area contributed by atoms with Gasteiger partial charge in [0, 0.05) is 6.04 Å². The number of tetrazole rings is 1. The molecule has 6 nitrogen and oxygen atoms in total. The number of carbonyl (C=O) groups excluding carboxylic acids is 1. The van der Waals surface area contributed by atoms with Crippen LogP contribution in [0, 0.1) is 0 Å². The highest BCUT2D eigenvalue weighted by molar-refractivity contribution is 8.00. The number of thioether (sulfide) groups is 1. The van der Waals surface area contributed by atoms with Gasteiger partial charge in [0.15, 0.2) is 0 Å². The maximum absolute atomic E-state index is 12.8. The fourth-order valence-corrected chi connectivity index (χ4v) is 3.63. The Kier molecular flexibility index (Phi) is 4.97. The molecular formula is C19H19N5OS. The van der Waals surface area contributed by atoms with Gasteiger partial charge in [0.25, 0.3) is 0 Å². The lowest BCUT2D eigenvalue weighted by atomic mass is 10.1. The molecule has 2 aromatic carbocycles. The zero-order valence-corrected chi connectivity index (χ0v) is 15.0. The van der Waals surface area contributed by atoms with Crippen LogP contribution in [0.25, 0.3) is 0 Å². The lowest BCUT2D eigenvalue weighted by Gasteiger charge is -2.16. The molecule has 7 heteroatoms. The first-order valence-corrected chi connectivity index (χ1v) is 9.49. The quantitative estimate of drug-likeness (QED) is 0.652. The van der Waals surface area contributed by atoms with Gasteiger partial charge in [-0.05, 0) is 34.4 Å². The van der Waals surface area contributed by atoms with Gasteiger partial charge >= 0.3 is 0 Å². The third-order valence-electron chi connectivity index (χ3n) is 4.16. The van der Waals surface area contributed by atoms with Gasteiger partial charge in [-0.3, -0.25) is 4.79 Å². The van der Waals surface area contributed by atoms with Gasteiger partial charge in [0.2, 0.25) is 11.1 Å². The van der Waals surface area contributed by atoms with E-state index in [1.54, 1.807) is 4.68 Å². The van der Waals surface area contributed by atoms with Crippen molar-refractivity contribution in [3.63, 3.8) is 0 Å². The van der Waals surface area contributed by atoms with E-state index in [2.05, 4.69) is 20.8 Å². The van der Waals surface area contributed by atoms with Crippen molar-refractivity contribution in [3.05, 3.63) is 71.8 Å². The molecule has 1 amide bonds. The number of hydrogen-bond acceptors (Lipinski definition) is 5. The van der Waals surface area contributed by atoms with Gasteiger partial charge in [-0.1, -0.05) is 72.4 Å². The minimum Gasteiger partial charge on any atom is -0.352 e. The molecule has 132 valence electrons. The maximum atomic E-state index is 12.8. The lowest BCUT2D eigenvalue weighted by molar-refractivity contribution is -0.120. The fraction of sp³-hybridized carbons (Fsp3) is 0.263. The van der Waals surface area contributed by atoms with E-state index >= 15 is 0 Å². The Bertz CT molecular complexity index is 864. The van der Waals surface area contributed by atoms with Crippen molar-refractivity contribution >= 4 is 17.7 Å². The van der Waals surface area contributed by atoms with E-state index in [0.717, 1.165) is 24.0 Å². The van der Waals surface area contributed by atoms with Crippen LogP contribution >= 0.6 is 11.8 Å². The molecule has 26 heavy (non-hydrogen) atoms. The summed E-state index contributed by atoms with van der Waals surface area (Å²) in [6.07, 6.45) is 2.12. The average molecular weight is 365 g/mol. The van der Waals surface area contributed by atoms with Crippen molar-refractivity contribution in [2.75, 3.05) is 0 Å². The van der Waals surface area contributed by atoms with E-state index in [9.17, 15) is 4.79 Å². The van der Waals surface area contributed by atoms with Crippen molar-refractivity contribution < 1.29 is 4.79 Å². The van der Waals surface area contributed by atoms with E-state index in [4.69, 9.17) is 0 Å². The minimum atomic E-state index is -0.377. The van der Waals surface area contributed by atoms with Crippen LogP contribution in [0.3, 0.4) is 0 Å². The molecule has 0 bridgehead atoms. The summed E-state index contributed by atoms with van der Waals surface area (Å²) < 4.78 is 1.74.